The molecule has 0 heterocycles. The van der Waals surface area contributed by atoms with Gasteiger partial charge >= 0.3 is 0 Å². The Morgan fingerprint density at radius 1 is 1.11 bits per heavy atom. The van der Waals surface area contributed by atoms with Gasteiger partial charge in [-0.3, -0.25) is 0 Å². The number of likely N-dealkylation sites (N-methyl/N-ethyl adjacent to an activating group) is 1. The zero-order chi connectivity index (χ0) is 13.8. The average molecular weight is 326 g/mol. The maximum Gasteiger partial charge on any atom is 0.159 e. The number of nitrogens with one attached hydrogen (secondary N) is 1. The first-order chi connectivity index (χ1) is 9.10. The second-order valence-corrected chi connectivity index (χ2v) is 5.26. The molecule has 2 aromatic carbocycles. The fourth-order valence-electron chi connectivity index (χ4n) is 2.02. The molecule has 0 aliphatic heterocycles. The van der Waals surface area contributed by atoms with Gasteiger partial charge in [0, 0.05) is 10.5 Å². The minimum Gasteiger partial charge on any atom is -0.313 e. The van der Waals surface area contributed by atoms with Crippen LogP contribution in [0.2, 0.25) is 0 Å². The van der Waals surface area contributed by atoms with Crippen molar-refractivity contribution in [2.75, 3.05) is 7.05 Å². The molecule has 1 nitrogen and oxygen atoms in total. The Labute approximate surface area is 119 Å². The highest BCUT2D eigenvalue weighted by Gasteiger charge is 2.12. The third-order valence-corrected chi connectivity index (χ3v) is 3.52. The Hall–Kier alpha value is -1.26. The van der Waals surface area contributed by atoms with Gasteiger partial charge < -0.3 is 5.32 Å². The highest BCUT2D eigenvalue weighted by Crippen LogP contribution is 2.22. The molecule has 0 saturated carbocycles. The van der Waals surface area contributed by atoms with E-state index >= 15 is 0 Å². The Balaban J connectivity index is 2.22. The molecule has 0 radical (unpaired) electrons. The van der Waals surface area contributed by atoms with Crippen molar-refractivity contribution in [1.82, 2.24) is 5.32 Å². The Morgan fingerprint density at radius 2 is 1.89 bits per heavy atom. The summed E-state index contributed by atoms with van der Waals surface area (Å²) in [5.74, 6) is -1.63. The lowest BCUT2D eigenvalue weighted by Crippen LogP contribution is -2.19. The molecule has 2 rings (SSSR count). The van der Waals surface area contributed by atoms with E-state index in [-0.39, 0.29) is 6.04 Å². The molecular formula is C15H14BrF2N. The summed E-state index contributed by atoms with van der Waals surface area (Å²) < 4.78 is 27.2. The van der Waals surface area contributed by atoms with Gasteiger partial charge in [0.15, 0.2) is 11.6 Å². The molecule has 2 aromatic rings. The lowest BCUT2D eigenvalue weighted by atomic mass is 9.99. The number of hydrogen-bond acceptors (Lipinski definition) is 1. The molecule has 0 amide bonds. The molecule has 0 fully saturated rings. The largest absolute Gasteiger partial charge is 0.313 e. The molecule has 1 unspecified atom stereocenters. The van der Waals surface area contributed by atoms with Crippen LogP contribution in [-0.2, 0) is 6.42 Å². The van der Waals surface area contributed by atoms with Crippen LogP contribution < -0.4 is 5.32 Å². The normalized spacial score (nSPS) is 12.4. The number of hydrogen-bond donors (Lipinski definition) is 1. The molecule has 1 atom stereocenters. The summed E-state index contributed by atoms with van der Waals surface area (Å²) in [7, 11) is 1.81. The summed E-state index contributed by atoms with van der Waals surface area (Å²) in [5, 5.41) is 3.13. The van der Waals surface area contributed by atoms with Gasteiger partial charge in [0.1, 0.15) is 0 Å². The van der Waals surface area contributed by atoms with Crippen molar-refractivity contribution < 1.29 is 8.78 Å². The molecule has 0 aliphatic carbocycles. The van der Waals surface area contributed by atoms with Crippen molar-refractivity contribution >= 4 is 15.9 Å². The van der Waals surface area contributed by atoms with Crippen LogP contribution in [0.25, 0.3) is 0 Å². The quantitative estimate of drug-likeness (QED) is 0.887. The monoisotopic (exact) mass is 325 g/mol. The summed E-state index contributed by atoms with van der Waals surface area (Å²) in [6.45, 7) is 0. The summed E-state index contributed by atoms with van der Waals surface area (Å²) in [6.07, 6.45) is 0.709. The van der Waals surface area contributed by atoms with Crippen molar-refractivity contribution in [3.05, 3.63) is 69.7 Å². The van der Waals surface area contributed by atoms with E-state index in [9.17, 15) is 8.78 Å². The zero-order valence-corrected chi connectivity index (χ0v) is 12.0. The standard InChI is InChI=1S/C15H14BrF2N/c1-19-15(8-10-3-2-4-12(16)7-10)11-5-6-13(17)14(18)9-11/h2-7,9,15,19H,8H2,1H3. The minimum absolute atomic E-state index is 0.0515. The third kappa shape index (κ3) is 3.61. The Morgan fingerprint density at radius 3 is 2.53 bits per heavy atom. The summed E-state index contributed by atoms with van der Waals surface area (Å²) in [6, 6.07) is 11.9. The molecule has 19 heavy (non-hydrogen) atoms. The molecule has 1 N–H and O–H groups in total. The number of halogens is 3. The predicted octanol–water partition coefficient (Wildman–Crippen LogP) is 4.23. The van der Waals surface area contributed by atoms with E-state index in [2.05, 4.69) is 21.2 Å². The van der Waals surface area contributed by atoms with Crippen LogP contribution in [0.4, 0.5) is 8.78 Å². The van der Waals surface area contributed by atoms with Crippen LogP contribution in [0.1, 0.15) is 17.2 Å². The van der Waals surface area contributed by atoms with E-state index in [1.165, 1.54) is 6.07 Å². The molecule has 0 aromatic heterocycles. The van der Waals surface area contributed by atoms with Gasteiger partial charge in [-0.2, -0.15) is 0 Å². The SMILES string of the molecule is CNC(Cc1cccc(Br)c1)c1ccc(F)c(F)c1. The number of rotatable bonds is 4. The third-order valence-electron chi connectivity index (χ3n) is 3.02. The molecule has 0 aliphatic rings. The predicted molar refractivity (Wildman–Crippen MR) is 76.0 cm³/mol. The van der Waals surface area contributed by atoms with Gasteiger partial charge in [-0.25, -0.2) is 8.78 Å². The summed E-state index contributed by atoms with van der Waals surface area (Å²) in [5.41, 5.74) is 1.86. The summed E-state index contributed by atoms with van der Waals surface area (Å²) >= 11 is 3.42. The Kier molecular flexibility index (Phi) is 4.66. The highest BCUT2D eigenvalue weighted by molar-refractivity contribution is 9.10. The van der Waals surface area contributed by atoms with Crippen LogP contribution in [0.15, 0.2) is 46.9 Å². The fourth-order valence-corrected chi connectivity index (χ4v) is 2.46. The Bertz CT molecular complexity index is 572. The lowest BCUT2D eigenvalue weighted by molar-refractivity contribution is 0.501. The van der Waals surface area contributed by atoms with Crippen molar-refractivity contribution in [2.24, 2.45) is 0 Å². The van der Waals surface area contributed by atoms with Crippen LogP contribution in [0, 0.1) is 11.6 Å². The van der Waals surface area contributed by atoms with Gasteiger partial charge in [0.2, 0.25) is 0 Å². The zero-order valence-electron chi connectivity index (χ0n) is 10.5. The van der Waals surface area contributed by atoms with E-state index < -0.39 is 11.6 Å². The summed E-state index contributed by atoms with van der Waals surface area (Å²) in [4.78, 5) is 0. The highest BCUT2D eigenvalue weighted by atomic mass is 79.9. The first-order valence-corrected chi connectivity index (χ1v) is 6.76. The van der Waals surface area contributed by atoms with Gasteiger partial charge in [-0.1, -0.05) is 34.1 Å². The maximum absolute atomic E-state index is 13.3. The molecule has 0 bridgehead atoms. The van der Waals surface area contributed by atoms with Crippen LogP contribution in [0.5, 0.6) is 0 Å². The fraction of sp³-hybridized carbons (Fsp3) is 0.200. The molecule has 100 valence electrons. The first-order valence-electron chi connectivity index (χ1n) is 5.97. The van der Waals surface area contributed by atoms with E-state index in [1.807, 2.05) is 31.3 Å². The maximum atomic E-state index is 13.3. The second kappa shape index (κ2) is 6.26. The first kappa shape index (κ1) is 14.2. The van der Waals surface area contributed by atoms with Crippen molar-refractivity contribution in [3.63, 3.8) is 0 Å². The van der Waals surface area contributed by atoms with Crippen LogP contribution in [-0.4, -0.2) is 7.05 Å². The molecular weight excluding hydrogens is 312 g/mol. The second-order valence-electron chi connectivity index (χ2n) is 4.35. The van der Waals surface area contributed by atoms with Crippen LogP contribution >= 0.6 is 15.9 Å². The molecule has 0 saturated heterocycles. The van der Waals surface area contributed by atoms with Crippen molar-refractivity contribution in [2.45, 2.75) is 12.5 Å². The van der Waals surface area contributed by atoms with E-state index in [0.29, 0.717) is 6.42 Å². The number of benzene rings is 2. The van der Waals surface area contributed by atoms with Gasteiger partial charge in [0.05, 0.1) is 0 Å². The van der Waals surface area contributed by atoms with E-state index in [4.69, 9.17) is 0 Å². The van der Waals surface area contributed by atoms with Crippen LogP contribution in [0.3, 0.4) is 0 Å². The van der Waals surface area contributed by atoms with Gasteiger partial charge in [0.25, 0.3) is 0 Å². The van der Waals surface area contributed by atoms with Gasteiger partial charge in [-0.15, -0.1) is 0 Å². The smallest absolute Gasteiger partial charge is 0.159 e. The van der Waals surface area contributed by atoms with E-state index in [1.54, 1.807) is 6.07 Å². The van der Waals surface area contributed by atoms with Crippen molar-refractivity contribution in [3.8, 4) is 0 Å². The van der Waals surface area contributed by atoms with Gasteiger partial charge in [-0.05, 0) is 48.9 Å². The van der Waals surface area contributed by atoms with E-state index in [0.717, 1.165) is 21.7 Å². The van der Waals surface area contributed by atoms with Crippen molar-refractivity contribution in [1.29, 1.82) is 0 Å². The minimum atomic E-state index is -0.818. The lowest BCUT2D eigenvalue weighted by Gasteiger charge is -2.17. The molecule has 4 heteroatoms. The topological polar surface area (TPSA) is 12.0 Å². The average Bonchev–Trinajstić information content (AvgIpc) is 2.39. The molecule has 0 spiro atoms.